The molecule has 0 saturated carbocycles. The molecule has 0 amide bonds. The van der Waals surface area contributed by atoms with E-state index in [1.165, 1.54) is 128 Å². The van der Waals surface area contributed by atoms with Gasteiger partial charge >= 0.3 is 0 Å². The Balaban J connectivity index is 3.24. The van der Waals surface area contributed by atoms with Gasteiger partial charge in [0.2, 0.25) is 0 Å². The molecule has 0 aromatic carbocycles. The molecule has 0 heteroatoms. The van der Waals surface area contributed by atoms with E-state index < -0.39 is 0 Å². The van der Waals surface area contributed by atoms with E-state index >= 15 is 0 Å². The first-order valence-electron chi connectivity index (χ1n) is 12.8. The van der Waals surface area contributed by atoms with E-state index in [0.29, 0.717) is 5.92 Å². The van der Waals surface area contributed by atoms with Crippen LogP contribution in [0.1, 0.15) is 156 Å². The zero-order chi connectivity index (χ0) is 19.8. The molecule has 0 aliphatic carbocycles. The molecule has 1 unspecified atom stereocenters. The fourth-order valence-electron chi connectivity index (χ4n) is 3.78. The number of hydrogen-bond donors (Lipinski definition) is 0. The second kappa shape index (κ2) is 23.6. The number of hydrogen-bond acceptors (Lipinski definition) is 0. The molecule has 0 nitrogen and oxygen atoms in total. The summed E-state index contributed by atoms with van der Waals surface area (Å²) in [6, 6.07) is 0. The molecule has 27 heavy (non-hydrogen) atoms. The van der Waals surface area contributed by atoms with Gasteiger partial charge in [-0.05, 0) is 12.8 Å². The van der Waals surface area contributed by atoms with Crippen molar-refractivity contribution in [3.8, 4) is 11.8 Å². The van der Waals surface area contributed by atoms with Crippen LogP contribution in [0.4, 0.5) is 0 Å². The van der Waals surface area contributed by atoms with Crippen molar-refractivity contribution in [2.75, 3.05) is 0 Å². The maximum absolute atomic E-state index is 3.48. The van der Waals surface area contributed by atoms with Gasteiger partial charge in [0.25, 0.3) is 0 Å². The zero-order valence-electron chi connectivity index (χ0n) is 19.4. The van der Waals surface area contributed by atoms with Crippen LogP contribution >= 0.6 is 0 Å². The van der Waals surface area contributed by atoms with Crippen molar-refractivity contribution in [1.82, 2.24) is 0 Å². The van der Waals surface area contributed by atoms with Crippen molar-refractivity contribution < 1.29 is 0 Å². The van der Waals surface area contributed by atoms with Gasteiger partial charge in [-0.15, -0.1) is 11.8 Å². The topological polar surface area (TPSA) is 0 Å². The van der Waals surface area contributed by atoms with Crippen LogP contribution in [0.25, 0.3) is 0 Å². The molecule has 0 aliphatic rings. The van der Waals surface area contributed by atoms with Crippen LogP contribution in [0.2, 0.25) is 0 Å². The summed E-state index contributed by atoms with van der Waals surface area (Å²) in [6.07, 6.45) is 29.4. The normalized spacial score (nSPS) is 12.0. The highest BCUT2D eigenvalue weighted by Gasteiger charge is 1.97. The molecule has 0 aromatic heterocycles. The van der Waals surface area contributed by atoms with Crippen molar-refractivity contribution in [2.45, 2.75) is 156 Å². The monoisotopic (exact) mass is 376 g/mol. The Hall–Kier alpha value is -0.440. The Kier molecular flexibility index (Phi) is 23.2. The van der Waals surface area contributed by atoms with E-state index in [1.807, 2.05) is 0 Å². The fourth-order valence-corrected chi connectivity index (χ4v) is 3.78. The van der Waals surface area contributed by atoms with Gasteiger partial charge < -0.3 is 0 Å². The van der Waals surface area contributed by atoms with Crippen LogP contribution in [0.15, 0.2) is 0 Å². The van der Waals surface area contributed by atoms with Crippen LogP contribution in [-0.2, 0) is 0 Å². The Labute approximate surface area is 173 Å². The van der Waals surface area contributed by atoms with E-state index in [9.17, 15) is 0 Å². The lowest BCUT2D eigenvalue weighted by Gasteiger charge is -2.04. The van der Waals surface area contributed by atoms with E-state index in [-0.39, 0.29) is 0 Å². The Morgan fingerprint density at radius 2 is 0.852 bits per heavy atom. The molecule has 1 atom stereocenters. The molecule has 160 valence electrons. The van der Waals surface area contributed by atoms with Gasteiger partial charge in [0, 0.05) is 12.3 Å². The van der Waals surface area contributed by atoms with Crippen molar-refractivity contribution >= 4 is 0 Å². The number of unbranched alkanes of at least 4 members (excludes halogenated alkanes) is 18. The fraction of sp³-hybridized carbons (Fsp3) is 0.926. The van der Waals surface area contributed by atoms with Crippen LogP contribution in [-0.4, -0.2) is 0 Å². The lowest BCUT2D eigenvalue weighted by Crippen LogP contribution is -1.90. The standard InChI is InChI=1S/C27H52/c1-4-6-8-10-12-13-14-15-16-17-18-20-22-24-26-27(3)25-23-21-19-11-9-7-5-2/h27H,4-23,25H2,1-3H3. The SMILES string of the molecule is CCCCCCCCCCCCCCC#CC(C)CCCCCCCCC. The molecule has 0 saturated heterocycles. The van der Waals surface area contributed by atoms with E-state index in [0.717, 1.165) is 6.42 Å². The third-order valence-corrected chi connectivity index (χ3v) is 5.74. The molecule has 0 heterocycles. The molecular weight excluding hydrogens is 324 g/mol. The highest BCUT2D eigenvalue weighted by Crippen LogP contribution is 2.13. The minimum atomic E-state index is 0.609. The maximum atomic E-state index is 3.48. The zero-order valence-corrected chi connectivity index (χ0v) is 19.4. The predicted molar refractivity (Wildman–Crippen MR) is 125 cm³/mol. The lowest BCUT2D eigenvalue weighted by molar-refractivity contribution is 0.542. The predicted octanol–water partition coefficient (Wildman–Crippen LogP) is 9.86. The lowest BCUT2D eigenvalue weighted by atomic mass is 10.0. The first-order valence-corrected chi connectivity index (χ1v) is 12.8. The first kappa shape index (κ1) is 26.6. The van der Waals surface area contributed by atoms with Gasteiger partial charge in [-0.2, -0.15) is 0 Å². The minimum absolute atomic E-state index is 0.609. The highest BCUT2D eigenvalue weighted by atomic mass is 14.0. The number of rotatable bonds is 20. The molecule has 0 bridgehead atoms. The van der Waals surface area contributed by atoms with Gasteiger partial charge in [0.1, 0.15) is 0 Å². The average Bonchev–Trinajstić information content (AvgIpc) is 2.67. The molecule has 0 aliphatic heterocycles. The molecule has 0 aromatic rings. The van der Waals surface area contributed by atoms with Crippen LogP contribution < -0.4 is 0 Å². The van der Waals surface area contributed by atoms with Crippen molar-refractivity contribution in [1.29, 1.82) is 0 Å². The molecular formula is C27H52. The van der Waals surface area contributed by atoms with Crippen molar-refractivity contribution in [3.05, 3.63) is 0 Å². The third-order valence-electron chi connectivity index (χ3n) is 5.74. The molecule has 0 N–H and O–H groups in total. The van der Waals surface area contributed by atoms with Gasteiger partial charge in [-0.25, -0.2) is 0 Å². The smallest absolute Gasteiger partial charge is 0.0174 e. The maximum Gasteiger partial charge on any atom is 0.0174 e. The first-order chi connectivity index (χ1) is 13.3. The van der Waals surface area contributed by atoms with E-state index in [2.05, 4.69) is 32.6 Å². The van der Waals surface area contributed by atoms with Crippen molar-refractivity contribution in [3.63, 3.8) is 0 Å². The summed E-state index contributed by atoms with van der Waals surface area (Å²) in [4.78, 5) is 0. The minimum Gasteiger partial charge on any atom is -0.103 e. The Bertz CT molecular complexity index is 319. The van der Waals surface area contributed by atoms with Gasteiger partial charge in [-0.3, -0.25) is 0 Å². The summed E-state index contributed by atoms with van der Waals surface area (Å²) in [7, 11) is 0. The van der Waals surface area contributed by atoms with Gasteiger partial charge in [0.05, 0.1) is 0 Å². The van der Waals surface area contributed by atoms with Gasteiger partial charge in [-0.1, -0.05) is 136 Å². The summed E-state index contributed by atoms with van der Waals surface area (Å²) >= 11 is 0. The van der Waals surface area contributed by atoms with Crippen LogP contribution in [0, 0.1) is 17.8 Å². The summed E-state index contributed by atoms with van der Waals surface area (Å²) < 4.78 is 0. The van der Waals surface area contributed by atoms with Crippen molar-refractivity contribution in [2.24, 2.45) is 5.92 Å². The molecule has 0 rings (SSSR count). The van der Waals surface area contributed by atoms with Gasteiger partial charge in [0.15, 0.2) is 0 Å². The highest BCUT2D eigenvalue weighted by molar-refractivity contribution is 5.02. The van der Waals surface area contributed by atoms with Crippen LogP contribution in [0.5, 0.6) is 0 Å². The molecule has 0 spiro atoms. The second-order valence-electron chi connectivity index (χ2n) is 8.77. The largest absolute Gasteiger partial charge is 0.103 e. The van der Waals surface area contributed by atoms with E-state index in [4.69, 9.17) is 0 Å². The Morgan fingerprint density at radius 1 is 0.481 bits per heavy atom. The summed E-state index contributed by atoms with van der Waals surface area (Å²) in [5.74, 6) is 7.53. The van der Waals surface area contributed by atoms with E-state index in [1.54, 1.807) is 0 Å². The Morgan fingerprint density at radius 3 is 1.30 bits per heavy atom. The summed E-state index contributed by atoms with van der Waals surface area (Å²) in [6.45, 7) is 6.90. The average molecular weight is 377 g/mol. The van der Waals surface area contributed by atoms with Crippen LogP contribution in [0.3, 0.4) is 0 Å². The molecule has 0 radical (unpaired) electrons. The summed E-state index contributed by atoms with van der Waals surface area (Å²) in [5.41, 5.74) is 0. The summed E-state index contributed by atoms with van der Waals surface area (Å²) in [5, 5.41) is 0. The molecule has 0 fully saturated rings. The quantitative estimate of drug-likeness (QED) is 0.146. The third kappa shape index (κ3) is 23.5. The second-order valence-corrected chi connectivity index (χ2v) is 8.77.